The standard InChI is InChI=1S/C12H13BrO3/c1-4-5-16-8-9-6-10(14-2)12(13)11(7-9)15-3/h1,6-7H,5,8H2,2-3H3. The average Bonchev–Trinajstić information content (AvgIpc) is 2.31. The lowest BCUT2D eigenvalue weighted by Gasteiger charge is -2.11. The Hall–Kier alpha value is -1.18. The van der Waals surface area contributed by atoms with Crippen LogP contribution in [0.5, 0.6) is 11.5 Å². The van der Waals surface area contributed by atoms with Gasteiger partial charge in [0.2, 0.25) is 0 Å². The van der Waals surface area contributed by atoms with Gasteiger partial charge in [-0.1, -0.05) is 5.92 Å². The Bertz CT molecular complexity index is 371. The minimum atomic E-state index is 0.292. The summed E-state index contributed by atoms with van der Waals surface area (Å²) in [6, 6.07) is 3.76. The monoisotopic (exact) mass is 284 g/mol. The van der Waals surface area contributed by atoms with Gasteiger partial charge in [0.15, 0.2) is 0 Å². The van der Waals surface area contributed by atoms with E-state index in [0.29, 0.717) is 24.7 Å². The van der Waals surface area contributed by atoms with E-state index >= 15 is 0 Å². The first-order chi connectivity index (χ1) is 7.72. The zero-order valence-electron chi connectivity index (χ0n) is 9.25. The third-order valence-corrected chi connectivity index (χ3v) is 2.74. The number of hydrogen-bond donors (Lipinski definition) is 0. The zero-order chi connectivity index (χ0) is 12.0. The first kappa shape index (κ1) is 12.9. The number of hydrogen-bond acceptors (Lipinski definition) is 3. The molecule has 1 aromatic carbocycles. The number of methoxy groups -OCH3 is 2. The molecular weight excluding hydrogens is 272 g/mol. The summed E-state index contributed by atoms with van der Waals surface area (Å²) in [5.41, 5.74) is 0.951. The SMILES string of the molecule is C#CCOCc1cc(OC)c(Br)c(OC)c1. The van der Waals surface area contributed by atoms with Crippen LogP contribution in [0.25, 0.3) is 0 Å². The molecule has 16 heavy (non-hydrogen) atoms. The Morgan fingerprint density at radius 3 is 2.25 bits per heavy atom. The van der Waals surface area contributed by atoms with Crippen LogP contribution in [0.1, 0.15) is 5.56 Å². The van der Waals surface area contributed by atoms with Crippen LogP contribution in [-0.2, 0) is 11.3 Å². The minimum Gasteiger partial charge on any atom is -0.495 e. The van der Waals surface area contributed by atoms with Crippen LogP contribution in [-0.4, -0.2) is 20.8 Å². The van der Waals surface area contributed by atoms with Crippen molar-refractivity contribution in [2.45, 2.75) is 6.61 Å². The number of rotatable bonds is 5. The average molecular weight is 285 g/mol. The van der Waals surface area contributed by atoms with Crippen LogP contribution in [0.3, 0.4) is 0 Å². The van der Waals surface area contributed by atoms with Crippen LogP contribution in [0.2, 0.25) is 0 Å². The molecule has 0 unspecified atom stereocenters. The lowest BCUT2D eigenvalue weighted by atomic mass is 10.2. The summed E-state index contributed by atoms with van der Waals surface area (Å²) in [5, 5.41) is 0. The molecule has 0 aromatic heterocycles. The van der Waals surface area contributed by atoms with E-state index < -0.39 is 0 Å². The Balaban J connectivity index is 2.90. The second-order valence-electron chi connectivity index (χ2n) is 3.01. The highest BCUT2D eigenvalue weighted by atomic mass is 79.9. The summed E-state index contributed by atoms with van der Waals surface area (Å²) < 4.78 is 16.5. The lowest BCUT2D eigenvalue weighted by molar-refractivity contribution is 0.153. The van der Waals surface area contributed by atoms with E-state index in [9.17, 15) is 0 Å². The third kappa shape index (κ3) is 3.16. The predicted molar refractivity (Wildman–Crippen MR) is 65.7 cm³/mol. The maximum absolute atomic E-state index is 5.25. The van der Waals surface area contributed by atoms with Crippen LogP contribution < -0.4 is 9.47 Å². The van der Waals surface area contributed by atoms with Crippen LogP contribution in [0, 0.1) is 12.3 Å². The van der Waals surface area contributed by atoms with E-state index in [1.165, 1.54) is 0 Å². The van der Waals surface area contributed by atoms with Gasteiger partial charge in [-0.2, -0.15) is 0 Å². The highest BCUT2D eigenvalue weighted by Gasteiger charge is 2.09. The number of terminal acetylenes is 1. The zero-order valence-corrected chi connectivity index (χ0v) is 10.8. The molecule has 0 amide bonds. The minimum absolute atomic E-state index is 0.292. The summed E-state index contributed by atoms with van der Waals surface area (Å²) in [6.45, 7) is 0.727. The molecule has 0 aliphatic rings. The summed E-state index contributed by atoms with van der Waals surface area (Å²) in [6.07, 6.45) is 5.10. The fourth-order valence-electron chi connectivity index (χ4n) is 1.23. The molecule has 1 aromatic rings. The Morgan fingerprint density at radius 1 is 1.25 bits per heavy atom. The fraction of sp³-hybridized carbons (Fsp3) is 0.333. The Morgan fingerprint density at radius 2 is 1.81 bits per heavy atom. The molecule has 0 radical (unpaired) electrons. The van der Waals surface area contributed by atoms with E-state index in [1.807, 2.05) is 12.1 Å². The van der Waals surface area contributed by atoms with E-state index in [2.05, 4.69) is 21.9 Å². The molecule has 0 fully saturated rings. The maximum Gasteiger partial charge on any atom is 0.137 e. The van der Waals surface area contributed by atoms with Gasteiger partial charge in [0.05, 0.1) is 20.8 Å². The largest absolute Gasteiger partial charge is 0.495 e. The van der Waals surface area contributed by atoms with Gasteiger partial charge >= 0.3 is 0 Å². The van der Waals surface area contributed by atoms with Crippen LogP contribution in [0.4, 0.5) is 0 Å². The highest BCUT2D eigenvalue weighted by Crippen LogP contribution is 2.35. The van der Waals surface area contributed by atoms with E-state index in [4.69, 9.17) is 20.6 Å². The molecule has 0 aliphatic carbocycles. The number of benzene rings is 1. The third-order valence-electron chi connectivity index (χ3n) is 1.96. The molecule has 0 N–H and O–H groups in total. The van der Waals surface area contributed by atoms with Gasteiger partial charge in [0.25, 0.3) is 0 Å². The van der Waals surface area contributed by atoms with Crippen molar-refractivity contribution < 1.29 is 14.2 Å². The molecule has 0 atom stereocenters. The number of halogens is 1. The molecule has 4 heteroatoms. The van der Waals surface area contributed by atoms with Gasteiger partial charge < -0.3 is 14.2 Å². The van der Waals surface area contributed by atoms with Gasteiger partial charge in [-0.05, 0) is 33.6 Å². The molecule has 0 heterocycles. The topological polar surface area (TPSA) is 27.7 Å². The molecule has 86 valence electrons. The van der Waals surface area contributed by atoms with Crippen molar-refractivity contribution in [1.29, 1.82) is 0 Å². The van der Waals surface area contributed by atoms with Crippen molar-refractivity contribution in [2.75, 3.05) is 20.8 Å². The van der Waals surface area contributed by atoms with E-state index in [0.717, 1.165) is 10.0 Å². The van der Waals surface area contributed by atoms with Gasteiger partial charge in [0, 0.05) is 0 Å². The van der Waals surface area contributed by atoms with Crippen molar-refractivity contribution in [3.63, 3.8) is 0 Å². The first-order valence-corrected chi connectivity index (χ1v) is 5.43. The molecule has 1 rings (SSSR count). The smallest absolute Gasteiger partial charge is 0.137 e. The summed E-state index contributed by atoms with van der Waals surface area (Å²) >= 11 is 3.39. The van der Waals surface area contributed by atoms with Crippen molar-refractivity contribution in [3.05, 3.63) is 22.2 Å². The Labute approximate surface area is 104 Å². The Kier molecular flexibility index (Phi) is 5.17. The second kappa shape index (κ2) is 6.41. The normalized spacial score (nSPS) is 9.62. The van der Waals surface area contributed by atoms with Crippen molar-refractivity contribution in [3.8, 4) is 23.8 Å². The summed E-state index contributed by atoms with van der Waals surface area (Å²) in [4.78, 5) is 0. The molecule has 0 aliphatic heterocycles. The molecule has 0 bridgehead atoms. The first-order valence-electron chi connectivity index (χ1n) is 4.64. The second-order valence-corrected chi connectivity index (χ2v) is 3.80. The summed E-state index contributed by atoms with van der Waals surface area (Å²) in [5.74, 6) is 3.83. The van der Waals surface area contributed by atoms with E-state index in [1.54, 1.807) is 14.2 Å². The molecule has 0 saturated carbocycles. The lowest BCUT2D eigenvalue weighted by Crippen LogP contribution is -1.96. The van der Waals surface area contributed by atoms with Gasteiger partial charge in [0.1, 0.15) is 22.6 Å². The van der Waals surface area contributed by atoms with Crippen molar-refractivity contribution >= 4 is 15.9 Å². The van der Waals surface area contributed by atoms with Crippen molar-refractivity contribution in [2.24, 2.45) is 0 Å². The van der Waals surface area contributed by atoms with E-state index in [-0.39, 0.29) is 0 Å². The maximum atomic E-state index is 5.25. The van der Waals surface area contributed by atoms with Crippen LogP contribution >= 0.6 is 15.9 Å². The highest BCUT2D eigenvalue weighted by molar-refractivity contribution is 9.10. The molecule has 0 saturated heterocycles. The number of ether oxygens (including phenoxy) is 3. The van der Waals surface area contributed by atoms with Gasteiger partial charge in [-0.3, -0.25) is 0 Å². The predicted octanol–water partition coefficient (Wildman–Crippen LogP) is 2.62. The van der Waals surface area contributed by atoms with Crippen LogP contribution in [0.15, 0.2) is 16.6 Å². The quantitative estimate of drug-likeness (QED) is 0.615. The fourth-order valence-corrected chi connectivity index (χ4v) is 1.79. The van der Waals surface area contributed by atoms with Gasteiger partial charge in [-0.25, -0.2) is 0 Å². The molecular formula is C12H13BrO3. The van der Waals surface area contributed by atoms with Crippen molar-refractivity contribution in [1.82, 2.24) is 0 Å². The van der Waals surface area contributed by atoms with Gasteiger partial charge in [-0.15, -0.1) is 6.42 Å². The molecule has 0 spiro atoms. The summed E-state index contributed by atoms with van der Waals surface area (Å²) in [7, 11) is 3.21. The molecule has 3 nitrogen and oxygen atoms in total.